The van der Waals surface area contributed by atoms with Crippen molar-refractivity contribution in [1.29, 1.82) is 0 Å². The van der Waals surface area contributed by atoms with E-state index in [-0.39, 0.29) is 6.61 Å². The predicted octanol–water partition coefficient (Wildman–Crippen LogP) is 1.92. The number of carbonyl (C=O) groups excluding carboxylic acids is 1. The molecule has 110 valence electrons. The van der Waals surface area contributed by atoms with E-state index in [2.05, 4.69) is 6.92 Å². The summed E-state index contributed by atoms with van der Waals surface area (Å²) in [5.74, 6) is -5.55. The van der Waals surface area contributed by atoms with E-state index in [0.717, 1.165) is 25.7 Å². The zero-order chi connectivity index (χ0) is 14.8. The Hall–Kier alpha value is -1.59. The molecule has 19 heavy (non-hydrogen) atoms. The molecule has 0 bridgehead atoms. The van der Waals surface area contributed by atoms with Gasteiger partial charge in [-0.3, -0.25) is 14.4 Å². The summed E-state index contributed by atoms with van der Waals surface area (Å²) in [4.78, 5) is 33.1. The number of ether oxygens (including phenoxy) is 1. The van der Waals surface area contributed by atoms with E-state index in [0.29, 0.717) is 0 Å². The number of hydrogen-bond acceptors (Lipinski definition) is 4. The molecular formula is C13H22O6. The molecular weight excluding hydrogens is 252 g/mol. The highest BCUT2D eigenvalue weighted by atomic mass is 16.5. The summed E-state index contributed by atoms with van der Waals surface area (Å²) in [6, 6.07) is 0. The van der Waals surface area contributed by atoms with Crippen molar-refractivity contribution in [1.82, 2.24) is 0 Å². The van der Waals surface area contributed by atoms with Crippen molar-refractivity contribution in [2.75, 3.05) is 6.61 Å². The van der Waals surface area contributed by atoms with Gasteiger partial charge in [-0.2, -0.15) is 0 Å². The molecule has 0 rings (SSSR count). The number of aliphatic carboxylic acids is 2. The Kier molecular flexibility index (Phi) is 8.57. The number of carboxylic acid groups (broad SMARTS) is 2. The number of carbonyl (C=O) groups is 3. The predicted molar refractivity (Wildman–Crippen MR) is 67.6 cm³/mol. The molecule has 2 unspecified atom stereocenters. The topological polar surface area (TPSA) is 101 Å². The molecule has 0 aromatic carbocycles. The van der Waals surface area contributed by atoms with E-state index < -0.39 is 36.2 Å². The van der Waals surface area contributed by atoms with E-state index in [9.17, 15) is 14.4 Å². The molecule has 0 aromatic heterocycles. The first-order chi connectivity index (χ1) is 8.90. The highest BCUT2D eigenvalue weighted by Crippen LogP contribution is 2.17. The van der Waals surface area contributed by atoms with Gasteiger partial charge in [0.15, 0.2) is 0 Å². The van der Waals surface area contributed by atoms with Crippen molar-refractivity contribution in [2.45, 2.75) is 46.0 Å². The first-order valence-corrected chi connectivity index (χ1v) is 6.51. The van der Waals surface area contributed by atoms with Crippen LogP contribution in [-0.2, 0) is 19.1 Å². The summed E-state index contributed by atoms with van der Waals surface area (Å²) in [6.07, 6.45) is 3.43. The SMILES string of the molecule is CCCCCCOC(=O)CC(C(=O)O)C(C)C(=O)O. The van der Waals surface area contributed by atoms with Crippen LogP contribution in [0.3, 0.4) is 0 Å². The summed E-state index contributed by atoms with van der Waals surface area (Å²) in [6.45, 7) is 3.60. The Labute approximate surface area is 112 Å². The molecule has 0 radical (unpaired) electrons. The Balaban J connectivity index is 4.11. The largest absolute Gasteiger partial charge is 0.481 e. The summed E-state index contributed by atoms with van der Waals surface area (Å²) >= 11 is 0. The van der Waals surface area contributed by atoms with Crippen molar-refractivity contribution < 1.29 is 29.3 Å². The quantitative estimate of drug-likeness (QED) is 0.466. The van der Waals surface area contributed by atoms with Crippen LogP contribution in [0.1, 0.15) is 46.0 Å². The third kappa shape index (κ3) is 7.43. The number of hydrogen-bond donors (Lipinski definition) is 2. The Morgan fingerprint density at radius 2 is 1.68 bits per heavy atom. The van der Waals surface area contributed by atoms with Crippen molar-refractivity contribution in [2.24, 2.45) is 11.8 Å². The summed E-state index contributed by atoms with van der Waals surface area (Å²) < 4.78 is 4.90. The van der Waals surface area contributed by atoms with Crippen LogP contribution in [0.15, 0.2) is 0 Å². The zero-order valence-electron chi connectivity index (χ0n) is 11.4. The van der Waals surface area contributed by atoms with Gasteiger partial charge in [-0.15, -0.1) is 0 Å². The van der Waals surface area contributed by atoms with Crippen LogP contribution in [0.2, 0.25) is 0 Å². The minimum absolute atomic E-state index is 0.257. The molecule has 0 spiro atoms. The third-order valence-electron chi connectivity index (χ3n) is 2.96. The second-order valence-corrected chi connectivity index (χ2v) is 4.56. The molecule has 2 atom stereocenters. The lowest BCUT2D eigenvalue weighted by Crippen LogP contribution is -2.30. The molecule has 0 heterocycles. The maximum absolute atomic E-state index is 11.4. The fraction of sp³-hybridized carbons (Fsp3) is 0.769. The van der Waals surface area contributed by atoms with Gasteiger partial charge in [-0.05, 0) is 6.42 Å². The van der Waals surface area contributed by atoms with Crippen LogP contribution in [-0.4, -0.2) is 34.7 Å². The van der Waals surface area contributed by atoms with Crippen molar-refractivity contribution >= 4 is 17.9 Å². The molecule has 2 N–H and O–H groups in total. The minimum atomic E-state index is -1.29. The Bertz CT molecular complexity index is 312. The van der Waals surface area contributed by atoms with Gasteiger partial charge in [0.2, 0.25) is 0 Å². The minimum Gasteiger partial charge on any atom is -0.481 e. The maximum atomic E-state index is 11.4. The molecule has 0 aliphatic heterocycles. The van der Waals surface area contributed by atoms with Crippen LogP contribution < -0.4 is 0 Å². The molecule has 6 heteroatoms. The van der Waals surface area contributed by atoms with Gasteiger partial charge >= 0.3 is 17.9 Å². The third-order valence-corrected chi connectivity index (χ3v) is 2.96. The fourth-order valence-electron chi connectivity index (χ4n) is 1.60. The van der Waals surface area contributed by atoms with E-state index in [1.165, 1.54) is 6.92 Å². The van der Waals surface area contributed by atoms with Crippen molar-refractivity contribution in [3.05, 3.63) is 0 Å². The monoisotopic (exact) mass is 274 g/mol. The van der Waals surface area contributed by atoms with Gasteiger partial charge in [0, 0.05) is 0 Å². The standard InChI is InChI=1S/C13H22O6/c1-3-4-5-6-7-19-11(14)8-10(13(17)18)9(2)12(15)16/h9-10H,3-8H2,1-2H3,(H,15,16)(H,17,18). The molecule has 0 saturated heterocycles. The van der Waals surface area contributed by atoms with Crippen LogP contribution in [0, 0.1) is 11.8 Å². The molecule has 0 saturated carbocycles. The maximum Gasteiger partial charge on any atom is 0.307 e. The lowest BCUT2D eigenvalue weighted by molar-refractivity contribution is -0.158. The van der Waals surface area contributed by atoms with Crippen molar-refractivity contribution in [3.63, 3.8) is 0 Å². The van der Waals surface area contributed by atoms with E-state index in [1.807, 2.05) is 0 Å². The normalized spacial score (nSPS) is 13.6. The van der Waals surface area contributed by atoms with Crippen LogP contribution >= 0.6 is 0 Å². The average Bonchev–Trinajstić information content (AvgIpc) is 2.34. The van der Waals surface area contributed by atoms with E-state index >= 15 is 0 Å². The summed E-state index contributed by atoms with van der Waals surface area (Å²) in [5, 5.41) is 17.7. The number of rotatable bonds is 10. The molecule has 0 aliphatic rings. The number of unbranched alkanes of at least 4 members (excludes halogenated alkanes) is 3. The van der Waals surface area contributed by atoms with Crippen molar-refractivity contribution in [3.8, 4) is 0 Å². The summed E-state index contributed by atoms with van der Waals surface area (Å²) in [7, 11) is 0. The molecule has 0 amide bonds. The molecule has 6 nitrogen and oxygen atoms in total. The molecule has 0 aromatic rings. The van der Waals surface area contributed by atoms with Gasteiger partial charge in [-0.1, -0.05) is 33.1 Å². The number of carboxylic acids is 2. The van der Waals surface area contributed by atoms with Crippen LogP contribution in [0.25, 0.3) is 0 Å². The molecule has 0 aliphatic carbocycles. The number of esters is 1. The van der Waals surface area contributed by atoms with Gasteiger partial charge in [0.1, 0.15) is 0 Å². The first kappa shape index (κ1) is 17.4. The van der Waals surface area contributed by atoms with Crippen LogP contribution in [0.5, 0.6) is 0 Å². The second-order valence-electron chi connectivity index (χ2n) is 4.56. The average molecular weight is 274 g/mol. The first-order valence-electron chi connectivity index (χ1n) is 6.51. The van der Waals surface area contributed by atoms with E-state index in [1.54, 1.807) is 0 Å². The van der Waals surface area contributed by atoms with E-state index in [4.69, 9.17) is 14.9 Å². The van der Waals surface area contributed by atoms with Gasteiger partial charge in [-0.25, -0.2) is 0 Å². The van der Waals surface area contributed by atoms with Gasteiger partial charge < -0.3 is 14.9 Å². The van der Waals surface area contributed by atoms with Gasteiger partial charge in [0.25, 0.3) is 0 Å². The van der Waals surface area contributed by atoms with Gasteiger partial charge in [0.05, 0.1) is 24.9 Å². The Morgan fingerprint density at radius 3 is 2.16 bits per heavy atom. The lowest BCUT2D eigenvalue weighted by Gasteiger charge is -2.15. The van der Waals surface area contributed by atoms with Crippen LogP contribution in [0.4, 0.5) is 0 Å². The fourth-order valence-corrected chi connectivity index (χ4v) is 1.60. The molecule has 0 fully saturated rings. The summed E-state index contributed by atoms with van der Waals surface area (Å²) in [5.41, 5.74) is 0. The Morgan fingerprint density at radius 1 is 1.05 bits per heavy atom. The smallest absolute Gasteiger partial charge is 0.307 e. The highest BCUT2D eigenvalue weighted by molar-refractivity contribution is 5.84. The zero-order valence-corrected chi connectivity index (χ0v) is 11.4. The highest BCUT2D eigenvalue weighted by Gasteiger charge is 2.32. The second kappa shape index (κ2) is 9.35. The lowest BCUT2D eigenvalue weighted by atomic mass is 9.91.